The SMILES string of the molecule is C=C(NCCC)c1ccc(CCN(CC(F)(F)F)C(=O)CCCN(C)Sc2cccc(Cl)c2O)cc1. The van der Waals surface area contributed by atoms with Crippen LogP contribution in [-0.2, 0) is 11.2 Å². The van der Waals surface area contributed by atoms with Crippen LogP contribution in [0.5, 0.6) is 5.75 Å². The van der Waals surface area contributed by atoms with Gasteiger partial charge in [-0.05, 0) is 61.5 Å². The van der Waals surface area contributed by atoms with Crippen molar-refractivity contribution in [2.24, 2.45) is 0 Å². The molecule has 0 aliphatic carbocycles. The number of hydrogen-bond donors (Lipinski definition) is 2. The van der Waals surface area contributed by atoms with Gasteiger partial charge in [0.2, 0.25) is 5.91 Å². The number of alkyl halides is 3. The predicted octanol–water partition coefficient (Wildman–Crippen LogP) is 6.37. The number of carbonyl (C=O) groups is 1. The summed E-state index contributed by atoms with van der Waals surface area (Å²) in [6, 6.07) is 12.4. The van der Waals surface area contributed by atoms with Crippen molar-refractivity contribution in [1.82, 2.24) is 14.5 Å². The first-order chi connectivity index (χ1) is 17.0. The van der Waals surface area contributed by atoms with Crippen molar-refractivity contribution in [3.05, 3.63) is 65.2 Å². The average molecular weight is 544 g/mol. The first kappa shape index (κ1) is 29.9. The van der Waals surface area contributed by atoms with Gasteiger partial charge in [0.1, 0.15) is 12.3 Å². The minimum absolute atomic E-state index is 0.00956. The number of phenolic OH excluding ortho intramolecular Hbond substituents is 1. The molecule has 0 aliphatic rings. The van der Waals surface area contributed by atoms with Gasteiger partial charge in [0, 0.05) is 31.8 Å². The molecule has 2 aromatic carbocycles. The lowest BCUT2D eigenvalue weighted by atomic mass is 10.1. The van der Waals surface area contributed by atoms with Gasteiger partial charge in [-0.1, -0.05) is 55.4 Å². The summed E-state index contributed by atoms with van der Waals surface area (Å²) in [4.78, 5) is 14.1. The Morgan fingerprint density at radius 3 is 2.50 bits per heavy atom. The molecule has 1 amide bonds. The van der Waals surface area contributed by atoms with E-state index in [0.717, 1.165) is 34.7 Å². The Hall–Kier alpha value is -2.36. The maximum absolute atomic E-state index is 13.1. The van der Waals surface area contributed by atoms with E-state index in [-0.39, 0.29) is 23.7 Å². The van der Waals surface area contributed by atoms with Crippen molar-refractivity contribution in [2.75, 3.05) is 33.2 Å². The van der Waals surface area contributed by atoms with E-state index in [2.05, 4.69) is 18.8 Å². The van der Waals surface area contributed by atoms with Crippen LogP contribution < -0.4 is 5.32 Å². The number of nitrogens with one attached hydrogen (secondary N) is 1. The second-order valence-corrected chi connectivity index (χ2v) is 10.1. The summed E-state index contributed by atoms with van der Waals surface area (Å²) in [5.41, 5.74) is 2.56. The topological polar surface area (TPSA) is 55.8 Å². The molecule has 5 nitrogen and oxygen atoms in total. The van der Waals surface area contributed by atoms with Gasteiger partial charge in [-0.3, -0.25) is 4.79 Å². The quantitative estimate of drug-likeness (QED) is 0.271. The zero-order valence-corrected chi connectivity index (χ0v) is 22.1. The summed E-state index contributed by atoms with van der Waals surface area (Å²) in [5.74, 6) is -0.567. The summed E-state index contributed by atoms with van der Waals surface area (Å²) in [6.07, 6.45) is -2.82. The van der Waals surface area contributed by atoms with E-state index < -0.39 is 18.6 Å². The second kappa shape index (κ2) is 14.4. The standard InChI is InChI=1S/C26H33ClF3N3O2S/c1-4-15-31-19(2)21-12-10-20(11-13-21)14-17-33(18-26(28,29)30)24(34)9-6-16-32(3)36-23-8-5-7-22(27)25(23)35/h5,7-8,10-13,31,35H,2,4,6,9,14-18H2,1,3H3. The van der Waals surface area contributed by atoms with Crippen molar-refractivity contribution < 1.29 is 23.1 Å². The van der Waals surface area contributed by atoms with Crippen LogP contribution in [0.15, 0.2) is 53.9 Å². The molecule has 2 N–H and O–H groups in total. The highest BCUT2D eigenvalue weighted by atomic mass is 35.5. The van der Waals surface area contributed by atoms with Crippen molar-refractivity contribution in [3.63, 3.8) is 0 Å². The third-order valence-electron chi connectivity index (χ3n) is 5.35. The van der Waals surface area contributed by atoms with Gasteiger partial charge in [-0.2, -0.15) is 13.2 Å². The van der Waals surface area contributed by atoms with Gasteiger partial charge in [0.15, 0.2) is 0 Å². The van der Waals surface area contributed by atoms with Crippen molar-refractivity contribution in [3.8, 4) is 5.75 Å². The molecule has 36 heavy (non-hydrogen) atoms. The molecule has 0 bridgehead atoms. The Kier molecular flexibility index (Phi) is 11.9. The highest BCUT2D eigenvalue weighted by Crippen LogP contribution is 2.35. The fraction of sp³-hybridized carbons (Fsp3) is 0.423. The molecule has 0 radical (unpaired) electrons. The lowest BCUT2D eigenvalue weighted by Crippen LogP contribution is -2.40. The van der Waals surface area contributed by atoms with Crippen LogP contribution in [-0.4, -0.2) is 59.6 Å². The molecule has 0 saturated carbocycles. The minimum Gasteiger partial charge on any atom is -0.505 e. The van der Waals surface area contributed by atoms with Crippen LogP contribution in [0.1, 0.15) is 37.3 Å². The summed E-state index contributed by atoms with van der Waals surface area (Å²) in [6.45, 7) is 6.01. The molecule has 0 fully saturated rings. The van der Waals surface area contributed by atoms with Gasteiger partial charge in [-0.25, -0.2) is 4.31 Å². The Morgan fingerprint density at radius 2 is 1.86 bits per heavy atom. The lowest BCUT2D eigenvalue weighted by molar-refractivity contribution is -0.161. The number of amides is 1. The van der Waals surface area contributed by atoms with Gasteiger partial charge in [0.05, 0.1) is 9.92 Å². The number of nitrogens with zero attached hydrogens (tertiary/aromatic N) is 2. The molecule has 2 aromatic rings. The van der Waals surface area contributed by atoms with Crippen LogP contribution in [0.25, 0.3) is 5.70 Å². The Labute approximate surface area is 220 Å². The van der Waals surface area contributed by atoms with Crippen LogP contribution in [0.2, 0.25) is 5.02 Å². The maximum Gasteiger partial charge on any atom is 0.406 e. The molecule has 0 unspecified atom stereocenters. The summed E-state index contributed by atoms with van der Waals surface area (Å²) < 4.78 is 41.2. The lowest BCUT2D eigenvalue weighted by Gasteiger charge is -2.24. The monoisotopic (exact) mass is 543 g/mol. The van der Waals surface area contributed by atoms with Crippen molar-refractivity contribution in [1.29, 1.82) is 0 Å². The normalized spacial score (nSPS) is 11.5. The van der Waals surface area contributed by atoms with E-state index in [1.165, 1.54) is 11.9 Å². The van der Waals surface area contributed by atoms with E-state index in [0.29, 0.717) is 24.3 Å². The summed E-state index contributed by atoms with van der Waals surface area (Å²) in [5, 5.41) is 13.5. The highest BCUT2D eigenvalue weighted by molar-refractivity contribution is 7.97. The van der Waals surface area contributed by atoms with E-state index in [1.54, 1.807) is 29.6 Å². The fourth-order valence-corrected chi connectivity index (χ4v) is 4.54. The predicted molar refractivity (Wildman–Crippen MR) is 141 cm³/mol. The highest BCUT2D eigenvalue weighted by Gasteiger charge is 2.32. The molecule has 2 rings (SSSR count). The molecule has 0 saturated heterocycles. The smallest absolute Gasteiger partial charge is 0.406 e. The van der Waals surface area contributed by atoms with Gasteiger partial charge >= 0.3 is 6.18 Å². The molecule has 198 valence electrons. The summed E-state index contributed by atoms with van der Waals surface area (Å²) >= 11 is 7.17. The largest absolute Gasteiger partial charge is 0.505 e. The number of hydrogen-bond acceptors (Lipinski definition) is 5. The third-order valence-corrected chi connectivity index (χ3v) is 6.68. The van der Waals surface area contributed by atoms with Crippen LogP contribution >= 0.6 is 23.5 Å². The number of carbonyl (C=O) groups excluding carboxylic acids is 1. The Balaban J connectivity index is 1.89. The molecule has 0 spiro atoms. The van der Waals surface area contributed by atoms with E-state index in [1.807, 2.05) is 24.3 Å². The van der Waals surface area contributed by atoms with Crippen molar-refractivity contribution in [2.45, 2.75) is 43.7 Å². The zero-order valence-electron chi connectivity index (χ0n) is 20.6. The third kappa shape index (κ3) is 10.3. The van der Waals surface area contributed by atoms with E-state index in [9.17, 15) is 23.1 Å². The molecule has 0 aromatic heterocycles. The number of halogens is 4. The number of rotatable bonds is 14. The number of phenols is 1. The first-order valence-corrected chi connectivity index (χ1v) is 12.9. The van der Waals surface area contributed by atoms with Crippen LogP contribution in [0, 0.1) is 0 Å². The zero-order chi connectivity index (χ0) is 26.7. The van der Waals surface area contributed by atoms with Gasteiger partial charge < -0.3 is 15.3 Å². The molecule has 0 heterocycles. The summed E-state index contributed by atoms with van der Waals surface area (Å²) in [7, 11) is 1.78. The number of para-hydroxylation sites is 1. The molecule has 10 heteroatoms. The van der Waals surface area contributed by atoms with Crippen molar-refractivity contribution >= 4 is 35.2 Å². The fourth-order valence-electron chi connectivity index (χ4n) is 3.42. The number of benzene rings is 2. The molecule has 0 aliphatic heterocycles. The Bertz CT molecular complexity index is 1000. The van der Waals surface area contributed by atoms with E-state index in [4.69, 9.17) is 11.6 Å². The second-order valence-electron chi connectivity index (χ2n) is 8.42. The first-order valence-electron chi connectivity index (χ1n) is 11.7. The number of aromatic hydroxyl groups is 1. The maximum atomic E-state index is 13.1. The molecule has 0 atom stereocenters. The minimum atomic E-state index is -4.47. The molecular weight excluding hydrogens is 511 g/mol. The van der Waals surface area contributed by atoms with Crippen LogP contribution in [0.4, 0.5) is 13.2 Å². The molecular formula is C26H33ClF3N3O2S. The van der Waals surface area contributed by atoms with Crippen LogP contribution in [0.3, 0.4) is 0 Å². The Morgan fingerprint density at radius 1 is 1.17 bits per heavy atom. The van der Waals surface area contributed by atoms with Gasteiger partial charge in [-0.15, -0.1) is 0 Å². The van der Waals surface area contributed by atoms with E-state index >= 15 is 0 Å². The average Bonchev–Trinajstić information content (AvgIpc) is 2.82. The van der Waals surface area contributed by atoms with Gasteiger partial charge in [0.25, 0.3) is 0 Å².